The summed E-state index contributed by atoms with van der Waals surface area (Å²) in [6.07, 6.45) is 4.87. The standard InChI is InChI=1S/C11H16N2O/c1-8(2)9-3-4-13-7-12-10(6-14)11(13)5-9/h6-9H,3-5H2,1-2H3. The summed E-state index contributed by atoms with van der Waals surface area (Å²) in [5, 5.41) is 0. The molecule has 2 rings (SSSR count). The molecule has 0 aliphatic carbocycles. The minimum atomic E-state index is 0.635. The van der Waals surface area contributed by atoms with Crippen LogP contribution in [0.2, 0.25) is 0 Å². The second kappa shape index (κ2) is 3.56. The zero-order valence-corrected chi connectivity index (χ0v) is 8.73. The van der Waals surface area contributed by atoms with E-state index in [0.717, 1.165) is 24.9 Å². The maximum absolute atomic E-state index is 10.7. The first-order chi connectivity index (χ1) is 6.72. The average molecular weight is 192 g/mol. The first-order valence-corrected chi connectivity index (χ1v) is 5.21. The highest BCUT2D eigenvalue weighted by molar-refractivity contribution is 5.73. The number of carbonyl (C=O) groups is 1. The van der Waals surface area contributed by atoms with E-state index in [1.54, 1.807) is 6.33 Å². The third-order valence-electron chi connectivity index (χ3n) is 3.23. The maximum atomic E-state index is 10.7. The van der Waals surface area contributed by atoms with Crippen molar-refractivity contribution < 1.29 is 4.79 Å². The summed E-state index contributed by atoms with van der Waals surface area (Å²) in [5.74, 6) is 1.40. The Morgan fingerprint density at radius 1 is 1.64 bits per heavy atom. The number of nitrogens with zero attached hydrogens (tertiary/aromatic N) is 2. The molecule has 1 aliphatic rings. The lowest BCUT2D eigenvalue weighted by Crippen LogP contribution is -2.23. The molecule has 2 heterocycles. The van der Waals surface area contributed by atoms with Crippen LogP contribution in [0.4, 0.5) is 0 Å². The first kappa shape index (κ1) is 9.44. The molecule has 1 unspecified atom stereocenters. The number of fused-ring (bicyclic) bond motifs is 1. The van der Waals surface area contributed by atoms with Crippen LogP contribution in [0.3, 0.4) is 0 Å². The van der Waals surface area contributed by atoms with Crippen molar-refractivity contribution in [2.45, 2.75) is 33.2 Å². The quantitative estimate of drug-likeness (QED) is 0.671. The normalized spacial score (nSPS) is 20.9. The van der Waals surface area contributed by atoms with Gasteiger partial charge in [0, 0.05) is 12.2 Å². The van der Waals surface area contributed by atoms with Gasteiger partial charge in [-0.15, -0.1) is 0 Å². The van der Waals surface area contributed by atoms with E-state index in [0.29, 0.717) is 17.5 Å². The Kier molecular flexibility index (Phi) is 2.40. The lowest BCUT2D eigenvalue weighted by atomic mass is 9.86. The van der Waals surface area contributed by atoms with Crippen LogP contribution in [-0.2, 0) is 13.0 Å². The van der Waals surface area contributed by atoms with Gasteiger partial charge < -0.3 is 4.57 Å². The highest BCUT2D eigenvalue weighted by atomic mass is 16.1. The summed E-state index contributed by atoms with van der Waals surface area (Å²) < 4.78 is 2.11. The summed E-state index contributed by atoms with van der Waals surface area (Å²) >= 11 is 0. The Morgan fingerprint density at radius 2 is 2.43 bits per heavy atom. The van der Waals surface area contributed by atoms with Crippen LogP contribution in [-0.4, -0.2) is 15.8 Å². The van der Waals surface area contributed by atoms with Crippen LogP contribution in [0.5, 0.6) is 0 Å². The molecule has 1 aromatic heterocycles. The fourth-order valence-electron chi connectivity index (χ4n) is 2.16. The Morgan fingerprint density at radius 3 is 3.07 bits per heavy atom. The third-order valence-corrected chi connectivity index (χ3v) is 3.23. The molecule has 76 valence electrons. The summed E-state index contributed by atoms with van der Waals surface area (Å²) in [7, 11) is 0. The number of hydrogen-bond donors (Lipinski definition) is 0. The topological polar surface area (TPSA) is 34.9 Å². The molecular weight excluding hydrogens is 176 g/mol. The van der Waals surface area contributed by atoms with Gasteiger partial charge in [-0.3, -0.25) is 4.79 Å². The molecule has 0 fully saturated rings. The van der Waals surface area contributed by atoms with E-state index < -0.39 is 0 Å². The number of imidazole rings is 1. The molecule has 1 aliphatic heterocycles. The van der Waals surface area contributed by atoms with Gasteiger partial charge >= 0.3 is 0 Å². The van der Waals surface area contributed by atoms with Crippen molar-refractivity contribution in [3.63, 3.8) is 0 Å². The smallest absolute Gasteiger partial charge is 0.170 e. The van der Waals surface area contributed by atoms with E-state index >= 15 is 0 Å². The van der Waals surface area contributed by atoms with Crippen molar-refractivity contribution in [1.29, 1.82) is 0 Å². The average Bonchev–Trinajstić information content (AvgIpc) is 2.59. The molecule has 0 bridgehead atoms. The van der Waals surface area contributed by atoms with E-state index in [2.05, 4.69) is 23.4 Å². The lowest BCUT2D eigenvalue weighted by molar-refractivity contribution is 0.111. The second-order valence-electron chi connectivity index (χ2n) is 4.38. The van der Waals surface area contributed by atoms with Crippen molar-refractivity contribution >= 4 is 6.29 Å². The van der Waals surface area contributed by atoms with E-state index in [1.807, 2.05) is 0 Å². The molecule has 1 atom stereocenters. The molecular formula is C11H16N2O. The SMILES string of the molecule is CC(C)C1CCn2cnc(C=O)c2C1. The molecule has 0 saturated carbocycles. The maximum Gasteiger partial charge on any atom is 0.170 e. The molecule has 14 heavy (non-hydrogen) atoms. The Balaban J connectivity index is 2.27. The van der Waals surface area contributed by atoms with Gasteiger partial charge in [-0.1, -0.05) is 13.8 Å². The van der Waals surface area contributed by atoms with Crippen molar-refractivity contribution in [3.05, 3.63) is 17.7 Å². The monoisotopic (exact) mass is 192 g/mol. The van der Waals surface area contributed by atoms with Gasteiger partial charge in [-0.2, -0.15) is 0 Å². The number of hydrogen-bond acceptors (Lipinski definition) is 2. The molecule has 0 saturated heterocycles. The minimum Gasteiger partial charge on any atom is -0.334 e. The molecule has 1 aromatic rings. The fraction of sp³-hybridized carbons (Fsp3) is 0.636. The summed E-state index contributed by atoms with van der Waals surface area (Å²) in [5.41, 5.74) is 1.76. The Hall–Kier alpha value is -1.12. The molecule has 3 heteroatoms. The van der Waals surface area contributed by atoms with Crippen molar-refractivity contribution in [3.8, 4) is 0 Å². The van der Waals surface area contributed by atoms with Gasteiger partial charge in [0.25, 0.3) is 0 Å². The molecule has 0 amide bonds. The first-order valence-electron chi connectivity index (χ1n) is 5.21. The van der Waals surface area contributed by atoms with Crippen LogP contribution < -0.4 is 0 Å². The molecule has 0 spiro atoms. The lowest BCUT2D eigenvalue weighted by Gasteiger charge is -2.26. The van der Waals surface area contributed by atoms with Crippen LogP contribution in [0.15, 0.2) is 6.33 Å². The highest BCUT2D eigenvalue weighted by Crippen LogP contribution is 2.27. The van der Waals surface area contributed by atoms with Crippen LogP contribution in [0, 0.1) is 11.8 Å². The summed E-state index contributed by atoms with van der Waals surface area (Å²) in [6.45, 7) is 5.51. The minimum absolute atomic E-state index is 0.635. The number of aryl methyl sites for hydroxylation is 1. The molecule has 3 nitrogen and oxygen atoms in total. The van der Waals surface area contributed by atoms with E-state index in [1.165, 1.54) is 6.42 Å². The predicted molar refractivity (Wildman–Crippen MR) is 54.3 cm³/mol. The molecule has 0 aromatic carbocycles. The summed E-state index contributed by atoms with van der Waals surface area (Å²) in [6, 6.07) is 0. The van der Waals surface area contributed by atoms with Gasteiger partial charge in [0.2, 0.25) is 0 Å². The highest BCUT2D eigenvalue weighted by Gasteiger charge is 2.23. The molecule has 0 radical (unpaired) electrons. The van der Waals surface area contributed by atoms with Gasteiger partial charge in [0.05, 0.1) is 6.33 Å². The largest absolute Gasteiger partial charge is 0.334 e. The third kappa shape index (κ3) is 1.47. The fourth-order valence-corrected chi connectivity index (χ4v) is 2.16. The van der Waals surface area contributed by atoms with Crippen molar-refractivity contribution in [2.24, 2.45) is 11.8 Å². The van der Waals surface area contributed by atoms with Gasteiger partial charge in [-0.25, -0.2) is 4.98 Å². The van der Waals surface area contributed by atoms with Crippen molar-refractivity contribution in [1.82, 2.24) is 9.55 Å². The van der Waals surface area contributed by atoms with Gasteiger partial charge in [0.15, 0.2) is 6.29 Å². The predicted octanol–water partition coefficient (Wildman–Crippen LogP) is 1.91. The van der Waals surface area contributed by atoms with E-state index in [4.69, 9.17) is 0 Å². The van der Waals surface area contributed by atoms with Gasteiger partial charge in [-0.05, 0) is 24.7 Å². The zero-order chi connectivity index (χ0) is 10.1. The second-order valence-corrected chi connectivity index (χ2v) is 4.38. The zero-order valence-electron chi connectivity index (χ0n) is 8.73. The number of aldehydes is 1. The molecule has 0 N–H and O–H groups in total. The van der Waals surface area contributed by atoms with E-state index in [9.17, 15) is 4.79 Å². The van der Waals surface area contributed by atoms with Gasteiger partial charge in [0.1, 0.15) is 5.69 Å². The Bertz CT molecular complexity index is 341. The van der Waals surface area contributed by atoms with Crippen LogP contribution >= 0.6 is 0 Å². The van der Waals surface area contributed by atoms with Crippen LogP contribution in [0.1, 0.15) is 36.5 Å². The van der Waals surface area contributed by atoms with E-state index in [-0.39, 0.29) is 0 Å². The number of aromatic nitrogens is 2. The Labute approximate surface area is 84.1 Å². The number of rotatable bonds is 2. The van der Waals surface area contributed by atoms with Crippen LogP contribution in [0.25, 0.3) is 0 Å². The van der Waals surface area contributed by atoms with Crippen molar-refractivity contribution in [2.75, 3.05) is 0 Å². The summed E-state index contributed by atoms with van der Waals surface area (Å²) in [4.78, 5) is 14.8. The number of carbonyl (C=O) groups excluding carboxylic acids is 1.